The summed E-state index contributed by atoms with van der Waals surface area (Å²) < 4.78 is 27.1. The summed E-state index contributed by atoms with van der Waals surface area (Å²) in [6, 6.07) is 11.8. The van der Waals surface area contributed by atoms with Crippen LogP contribution in [0.15, 0.2) is 46.0 Å². The molecule has 0 bridgehead atoms. The van der Waals surface area contributed by atoms with Crippen LogP contribution in [0, 0.1) is 11.3 Å². The van der Waals surface area contributed by atoms with Crippen LogP contribution in [0.4, 0.5) is 0 Å². The Balaban J connectivity index is 0.00000361. The summed E-state index contributed by atoms with van der Waals surface area (Å²) in [5.74, 6) is 0.611. The van der Waals surface area contributed by atoms with Gasteiger partial charge in [-0.25, -0.2) is 8.42 Å². The van der Waals surface area contributed by atoms with Crippen LogP contribution < -0.4 is 0 Å². The quantitative estimate of drug-likeness (QED) is 0.420. The Labute approximate surface area is 224 Å². The van der Waals surface area contributed by atoms with Gasteiger partial charge in [0.2, 0.25) is 9.84 Å². The number of hydrogen-bond donors (Lipinski definition) is 0. The van der Waals surface area contributed by atoms with Crippen molar-refractivity contribution in [3.05, 3.63) is 41.1 Å². The smallest absolute Gasteiger partial charge is 0.220 e. The van der Waals surface area contributed by atoms with Gasteiger partial charge >= 0.3 is 0 Å². The molecule has 0 spiro atoms. The summed E-state index contributed by atoms with van der Waals surface area (Å²) in [7, 11) is -3.88. The minimum Gasteiger partial charge on any atom is -0.355 e. The molecule has 36 heavy (non-hydrogen) atoms. The molecule has 0 N–H and O–H groups in total. The fourth-order valence-corrected chi connectivity index (χ4v) is 7.27. The molecule has 3 fully saturated rings. The predicted molar refractivity (Wildman–Crippen MR) is 146 cm³/mol. The number of rotatable bonds is 10. The van der Waals surface area contributed by atoms with E-state index >= 15 is 0 Å². The van der Waals surface area contributed by atoms with Crippen molar-refractivity contribution in [1.82, 2.24) is 19.6 Å². The zero-order valence-corrected chi connectivity index (χ0v) is 23.4. The number of nitrogens with zero attached hydrogens (tertiary/aromatic N) is 5. The maximum absolute atomic E-state index is 13.5. The Hall–Kier alpha value is -1.79. The van der Waals surface area contributed by atoms with Crippen molar-refractivity contribution in [1.29, 1.82) is 5.26 Å². The maximum Gasteiger partial charge on any atom is 0.220 e. The number of allylic oxidation sites excluding steroid dienone is 1. The van der Waals surface area contributed by atoms with Gasteiger partial charge in [-0.15, -0.1) is 12.4 Å². The Kier molecular flexibility index (Phi) is 10.5. The molecule has 200 valence electrons. The first-order valence-corrected chi connectivity index (χ1v) is 14.8. The third-order valence-corrected chi connectivity index (χ3v) is 9.70. The fourth-order valence-electron chi connectivity index (χ4n) is 5.90. The van der Waals surface area contributed by atoms with E-state index in [4.69, 9.17) is 0 Å². The first-order valence-electron chi connectivity index (χ1n) is 13.3. The monoisotopic (exact) mass is 535 g/mol. The van der Waals surface area contributed by atoms with E-state index in [1.807, 2.05) is 0 Å². The van der Waals surface area contributed by atoms with Gasteiger partial charge in [-0.1, -0.05) is 18.2 Å². The van der Waals surface area contributed by atoms with Gasteiger partial charge in [0.25, 0.3) is 0 Å². The van der Waals surface area contributed by atoms with E-state index in [9.17, 15) is 13.7 Å². The molecule has 1 aromatic rings. The molecule has 0 saturated carbocycles. The largest absolute Gasteiger partial charge is 0.355 e. The highest BCUT2D eigenvalue weighted by Crippen LogP contribution is 2.30. The van der Waals surface area contributed by atoms with Crippen LogP contribution in [0.25, 0.3) is 0 Å². The van der Waals surface area contributed by atoms with Gasteiger partial charge in [0.15, 0.2) is 4.91 Å². The van der Waals surface area contributed by atoms with Crippen LogP contribution >= 0.6 is 12.4 Å². The highest BCUT2D eigenvalue weighted by atomic mass is 35.5. The Morgan fingerprint density at radius 3 is 1.78 bits per heavy atom. The van der Waals surface area contributed by atoms with Gasteiger partial charge in [-0.05, 0) is 77.6 Å². The zero-order chi connectivity index (χ0) is 24.8. The summed E-state index contributed by atoms with van der Waals surface area (Å²) >= 11 is 0. The molecule has 7 nitrogen and oxygen atoms in total. The number of halogens is 1. The Morgan fingerprint density at radius 1 is 0.861 bits per heavy atom. The maximum atomic E-state index is 13.5. The molecule has 3 aliphatic heterocycles. The lowest BCUT2D eigenvalue weighted by molar-refractivity contribution is 0.238. The van der Waals surface area contributed by atoms with Crippen molar-refractivity contribution in [3.63, 3.8) is 0 Å². The Bertz CT molecular complexity index is 990. The summed E-state index contributed by atoms with van der Waals surface area (Å²) in [5.41, 5.74) is 0. The molecule has 1 aromatic carbocycles. The minimum absolute atomic E-state index is 0. The van der Waals surface area contributed by atoms with Crippen LogP contribution in [0.1, 0.15) is 52.4 Å². The van der Waals surface area contributed by atoms with E-state index < -0.39 is 9.84 Å². The summed E-state index contributed by atoms with van der Waals surface area (Å²) in [6.45, 7) is 12.0. The standard InChI is InChI=1S/C27H41N5O2S.ClH/c1-23-10-6-14-29(23)16-8-18-31-20-21-32(19-9-17-30-15-7-11-24(30)2)27(31)26(22-28)35(33,34)25-12-4-3-5-13-25;/h3-5,12-13,23-24H,6-11,14-21H2,1-2H3;1H/t23-,24-;/m0./s1. The second-order valence-corrected chi connectivity index (χ2v) is 12.2. The number of nitriles is 1. The highest BCUT2D eigenvalue weighted by molar-refractivity contribution is 7.95. The van der Waals surface area contributed by atoms with Crippen molar-refractivity contribution in [2.24, 2.45) is 0 Å². The lowest BCUT2D eigenvalue weighted by atomic mass is 10.2. The second-order valence-electron chi connectivity index (χ2n) is 10.3. The van der Waals surface area contributed by atoms with Crippen LogP contribution in [-0.4, -0.2) is 92.5 Å². The van der Waals surface area contributed by atoms with E-state index in [2.05, 4.69) is 39.5 Å². The molecule has 0 radical (unpaired) electrons. The first kappa shape index (κ1) is 28.8. The van der Waals surface area contributed by atoms with Crippen molar-refractivity contribution in [2.75, 3.05) is 52.4 Å². The molecule has 3 saturated heterocycles. The number of hydrogen-bond acceptors (Lipinski definition) is 7. The van der Waals surface area contributed by atoms with E-state index in [1.165, 1.54) is 25.7 Å². The molecule has 9 heteroatoms. The second kappa shape index (κ2) is 13.1. The van der Waals surface area contributed by atoms with Crippen molar-refractivity contribution < 1.29 is 8.42 Å². The Morgan fingerprint density at radius 2 is 1.36 bits per heavy atom. The molecule has 4 rings (SSSR count). The predicted octanol–water partition coefficient (Wildman–Crippen LogP) is 3.94. The van der Waals surface area contributed by atoms with Crippen molar-refractivity contribution in [3.8, 4) is 6.07 Å². The van der Waals surface area contributed by atoms with E-state index in [0.717, 1.165) is 65.2 Å². The molecule has 0 aliphatic carbocycles. The normalized spacial score (nSPS) is 23.2. The molecule has 0 unspecified atom stereocenters. The third-order valence-electron chi connectivity index (χ3n) is 7.99. The molecule has 2 atom stereocenters. The van der Waals surface area contributed by atoms with Crippen LogP contribution in [0.3, 0.4) is 0 Å². The van der Waals surface area contributed by atoms with Crippen LogP contribution in [0.2, 0.25) is 0 Å². The van der Waals surface area contributed by atoms with E-state index in [0.29, 0.717) is 17.9 Å². The van der Waals surface area contributed by atoms with Gasteiger partial charge < -0.3 is 19.6 Å². The molecule has 0 aromatic heterocycles. The highest BCUT2D eigenvalue weighted by Gasteiger charge is 2.34. The minimum atomic E-state index is -3.88. The average Bonchev–Trinajstić information content (AvgIpc) is 3.57. The van der Waals surface area contributed by atoms with Gasteiger partial charge in [0.1, 0.15) is 11.9 Å². The lowest BCUT2D eigenvalue weighted by Gasteiger charge is -2.28. The molecule has 3 heterocycles. The van der Waals surface area contributed by atoms with Gasteiger partial charge in [0.05, 0.1) is 4.90 Å². The molecular weight excluding hydrogens is 494 g/mol. The summed E-state index contributed by atoms with van der Waals surface area (Å²) in [4.78, 5) is 9.44. The van der Waals surface area contributed by atoms with Crippen LogP contribution in [-0.2, 0) is 9.84 Å². The van der Waals surface area contributed by atoms with Crippen molar-refractivity contribution in [2.45, 2.75) is 69.4 Å². The van der Waals surface area contributed by atoms with Gasteiger partial charge in [-0.2, -0.15) is 5.26 Å². The van der Waals surface area contributed by atoms with Gasteiger partial charge in [-0.3, -0.25) is 0 Å². The third kappa shape index (κ3) is 6.55. The lowest BCUT2D eigenvalue weighted by Crippen LogP contribution is -2.33. The van der Waals surface area contributed by atoms with E-state index in [-0.39, 0.29) is 22.2 Å². The molecule has 0 amide bonds. The molecular formula is C27H42ClN5O2S. The average molecular weight is 536 g/mol. The SMILES string of the molecule is C[C@H]1CCCN1CCCN1CCN(CCCN2CCC[C@@H]2C)C1=C(C#N)S(=O)(=O)c1ccccc1.Cl. The first-order chi connectivity index (χ1) is 16.9. The number of likely N-dealkylation sites (tertiary alicyclic amines) is 2. The fraction of sp³-hybridized carbons (Fsp3) is 0.667. The molecule has 3 aliphatic rings. The number of benzene rings is 1. The van der Waals surface area contributed by atoms with Crippen LogP contribution in [0.5, 0.6) is 0 Å². The summed E-state index contributed by atoms with van der Waals surface area (Å²) in [5, 5.41) is 10.1. The number of sulfone groups is 1. The summed E-state index contributed by atoms with van der Waals surface area (Å²) in [6.07, 6.45) is 6.97. The topological polar surface area (TPSA) is 70.9 Å². The zero-order valence-electron chi connectivity index (χ0n) is 21.8. The van der Waals surface area contributed by atoms with Gasteiger partial charge in [0, 0.05) is 51.4 Å². The van der Waals surface area contributed by atoms with E-state index in [1.54, 1.807) is 30.3 Å². The van der Waals surface area contributed by atoms with Crippen molar-refractivity contribution >= 4 is 22.2 Å².